The smallest absolute Gasteiger partial charge is 0.0300 e. The first-order valence-corrected chi connectivity index (χ1v) is 7.87. The van der Waals surface area contributed by atoms with Crippen LogP contribution in [-0.4, -0.2) is 13.1 Å². The van der Waals surface area contributed by atoms with Crippen LogP contribution >= 0.6 is 0 Å². The van der Waals surface area contributed by atoms with E-state index in [9.17, 15) is 0 Å². The molecule has 1 atom stereocenters. The van der Waals surface area contributed by atoms with Crippen molar-refractivity contribution in [1.82, 2.24) is 5.32 Å². The fourth-order valence-electron chi connectivity index (χ4n) is 2.42. The highest BCUT2D eigenvalue weighted by atomic mass is 14.9. The molecular weight excluding hydrogens is 268 g/mol. The Morgan fingerprint density at radius 3 is 2.86 bits per heavy atom. The summed E-state index contributed by atoms with van der Waals surface area (Å²) in [7, 11) is 0. The predicted molar refractivity (Wildman–Crippen MR) is 95.6 cm³/mol. The summed E-state index contributed by atoms with van der Waals surface area (Å²) in [6.45, 7) is 3.72. The van der Waals surface area contributed by atoms with Gasteiger partial charge >= 0.3 is 0 Å². The Bertz CT molecular complexity index is 671. The maximum absolute atomic E-state index is 5.42. The van der Waals surface area contributed by atoms with Crippen LogP contribution in [0.1, 0.15) is 31.4 Å². The van der Waals surface area contributed by atoms with Gasteiger partial charge in [-0.05, 0) is 42.3 Å². The average Bonchev–Trinajstić information content (AvgIpc) is 2.56. The minimum absolute atomic E-state index is 0.306. The van der Waals surface area contributed by atoms with E-state index < -0.39 is 0 Å². The fraction of sp³-hybridized carbons (Fsp3) is 0.300. The Morgan fingerprint density at radius 1 is 1.18 bits per heavy atom. The molecule has 3 N–H and O–H groups in total. The number of nitrogens with one attached hydrogen (secondary N) is 1. The van der Waals surface area contributed by atoms with Crippen molar-refractivity contribution in [2.45, 2.75) is 25.8 Å². The Morgan fingerprint density at radius 2 is 2.00 bits per heavy atom. The van der Waals surface area contributed by atoms with Crippen LogP contribution < -0.4 is 11.1 Å². The molecule has 2 heteroatoms. The Labute approximate surface area is 133 Å². The molecule has 0 aliphatic heterocycles. The van der Waals surface area contributed by atoms with Gasteiger partial charge in [-0.15, -0.1) is 0 Å². The van der Waals surface area contributed by atoms with Crippen molar-refractivity contribution >= 4 is 10.8 Å². The van der Waals surface area contributed by atoms with Crippen LogP contribution in [0.2, 0.25) is 0 Å². The van der Waals surface area contributed by atoms with Gasteiger partial charge in [0.1, 0.15) is 0 Å². The fourth-order valence-corrected chi connectivity index (χ4v) is 2.42. The van der Waals surface area contributed by atoms with Gasteiger partial charge in [0, 0.05) is 19.0 Å². The van der Waals surface area contributed by atoms with Crippen LogP contribution in [0.3, 0.4) is 0 Å². The number of hydrogen-bond acceptors (Lipinski definition) is 2. The number of hydrogen-bond donors (Lipinski definition) is 2. The van der Waals surface area contributed by atoms with Crippen molar-refractivity contribution in [3.8, 4) is 11.8 Å². The standard InChI is InChI=1S/C20H24N2/c1-17(22-16-9-5-3-2-4-8-15-21)19-14-10-12-18-11-6-7-13-20(18)19/h5-7,9-14,17,22H,4,8,15-16,21H2,1H3/b9-5+/t17-/m1/s1. The summed E-state index contributed by atoms with van der Waals surface area (Å²) in [4.78, 5) is 0. The molecule has 0 radical (unpaired) electrons. The first-order valence-electron chi connectivity index (χ1n) is 7.87. The van der Waals surface area contributed by atoms with Crippen LogP contribution in [0.4, 0.5) is 0 Å². The summed E-state index contributed by atoms with van der Waals surface area (Å²) < 4.78 is 0. The van der Waals surface area contributed by atoms with Gasteiger partial charge in [-0.1, -0.05) is 60.4 Å². The lowest BCUT2D eigenvalue weighted by molar-refractivity contribution is 0.621. The molecule has 0 aliphatic rings. The van der Waals surface area contributed by atoms with Gasteiger partial charge in [0.15, 0.2) is 0 Å². The third-order valence-electron chi connectivity index (χ3n) is 3.64. The number of nitrogens with two attached hydrogens (primary N) is 1. The zero-order chi connectivity index (χ0) is 15.6. The van der Waals surface area contributed by atoms with E-state index in [0.29, 0.717) is 12.6 Å². The first kappa shape index (κ1) is 16.3. The van der Waals surface area contributed by atoms with Crippen molar-refractivity contribution in [1.29, 1.82) is 0 Å². The topological polar surface area (TPSA) is 38.0 Å². The molecule has 114 valence electrons. The van der Waals surface area contributed by atoms with Gasteiger partial charge < -0.3 is 11.1 Å². The van der Waals surface area contributed by atoms with Crippen LogP contribution in [0, 0.1) is 11.8 Å². The summed E-state index contributed by atoms with van der Waals surface area (Å²) in [6, 6.07) is 15.3. The second-order valence-corrected chi connectivity index (χ2v) is 5.31. The van der Waals surface area contributed by atoms with Gasteiger partial charge in [0.25, 0.3) is 0 Å². The van der Waals surface area contributed by atoms with E-state index in [4.69, 9.17) is 5.73 Å². The van der Waals surface area contributed by atoms with E-state index in [-0.39, 0.29) is 0 Å². The third kappa shape index (κ3) is 4.73. The highest BCUT2D eigenvalue weighted by Gasteiger charge is 2.07. The molecule has 0 amide bonds. The average molecular weight is 292 g/mol. The van der Waals surface area contributed by atoms with Crippen molar-refractivity contribution < 1.29 is 0 Å². The molecule has 2 rings (SSSR count). The number of allylic oxidation sites excluding steroid dienone is 1. The van der Waals surface area contributed by atoms with Crippen LogP contribution in [0.15, 0.2) is 54.6 Å². The summed E-state index contributed by atoms with van der Waals surface area (Å²) in [6.07, 6.45) is 5.83. The maximum atomic E-state index is 5.42. The van der Waals surface area contributed by atoms with E-state index in [1.165, 1.54) is 16.3 Å². The monoisotopic (exact) mass is 292 g/mol. The molecule has 0 saturated carbocycles. The molecule has 0 unspecified atom stereocenters. The predicted octanol–water partition coefficient (Wildman–Crippen LogP) is 3.79. The van der Waals surface area contributed by atoms with E-state index in [2.05, 4.69) is 72.6 Å². The number of fused-ring (bicyclic) bond motifs is 1. The minimum atomic E-state index is 0.306. The van der Waals surface area contributed by atoms with Crippen molar-refractivity contribution in [3.05, 3.63) is 60.2 Å². The molecule has 0 heterocycles. The molecular formula is C20H24N2. The third-order valence-corrected chi connectivity index (χ3v) is 3.64. The lowest BCUT2D eigenvalue weighted by Gasteiger charge is -2.15. The first-order chi connectivity index (χ1) is 10.8. The summed E-state index contributed by atoms with van der Waals surface area (Å²) in [5, 5.41) is 6.12. The van der Waals surface area contributed by atoms with Gasteiger partial charge in [0.05, 0.1) is 0 Å². The van der Waals surface area contributed by atoms with Crippen LogP contribution in [0.5, 0.6) is 0 Å². The zero-order valence-electron chi connectivity index (χ0n) is 13.2. The van der Waals surface area contributed by atoms with Gasteiger partial charge in [-0.25, -0.2) is 0 Å². The Kier molecular flexibility index (Phi) is 6.70. The molecule has 22 heavy (non-hydrogen) atoms. The highest BCUT2D eigenvalue weighted by Crippen LogP contribution is 2.23. The molecule has 2 nitrogen and oxygen atoms in total. The molecule has 0 bridgehead atoms. The molecule has 0 fully saturated rings. The molecule has 0 aromatic heterocycles. The largest absolute Gasteiger partial charge is 0.330 e. The lowest BCUT2D eigenvalue weighted by Crippen LogP contribution is -2.18. The summed E-state index contributed by atoms with van der Waals surface area (Å²) >= 11 is 0. The van der Waals surface area contributed by atoms with Gasteiger partial charge in [-0.2, -0.15) is 0 Å². The van der Waals surface area contributed by atoms with Crippen molar-refractivity contribution in [2.24, 2.45) is 5.73 Å². The lowest BCUT2D eigenvalue weighted by atomic mass is 10.00. The molecule has 0 saturated heterocycles. The molecule has 2 aromatic carbocycles. The molecule has 2 aromatic rings. The quantitative estimate of drug-likeness (QED) is 0.628. The Hall–Kier alpha value is -2.08. The van der Waals surface area contributed by atoms with Crippen LogP contribution in [0.25, 0.3) is 10.8 Å². The second-order valence-electron chi connectivity index (χ2n) is 5.31. The maximum Gasteiger partial charge on any atom is 0.0300 e. The minimum Gasteiger partial charge on any atom is -0.330 e. The molecule has 0 spiro atoms. The zero-order valence-corrected chi connectivity index (χ0v) is 13.2. The SMILES string of the molecule is C[C@@H](NC/C=C/C#CCCCN)c1cccc2ccccc12. The normalized spacial score (nSPS) is 12.3. The number of rotatable bonds is 6. The summed E-state index contributed by atoms with van der Waals surface area (Å²) in [5.41, 5.74) is 6.76. The van der Waals surface area contributed by atoms with E-state index >= 15 is 0 Å². The summed E-state index contributed by atoms with van der Waals surface area (Å²) in [5.74, 6) is 6.12. The number of unbranched alkanes of at least 4 members (excludes halogenated alkanes) is 1. The van der Waals surface area contributed by atoms with Crippen molar-refractivity contribution in [2.75, 3.05) is 13.1 Å². The van der Waals surface area contributed by atoms with Crippen molar-refractivity contribution in [3.63, 3.8) is 0 Å². The van der Waals surface area contributed by atoms with Gasteiger partial charge in [-0.3, -0.25) is 0 Å². The Balaban J connectivity index is 1.90. The number of benzene rings is 2. The van der Waals surface area contributed by atoms with Crippen LogP contribution in [-0.2, 0) is 0 Å². The van der Waals surface area contributed by atoms with E-state index in [1.807, 2.05) is 6.08 Å². The van der Waals surface area contributed by atoms with E-state index in [0.717, 1.165) is 19.4 Å². The van der Waals surface area contributed by atoms with E-state index in [1.54, 1.807) is 0 Å². The highest BCUT2D eigenvalue weighted by molar-refractivity contribution is 5.86. The van der Waals surface area contributed by atoms with Gasteiger partial charge in [0.2, 0.25) is 0 Å². The molecule has 0 aliphatic carbocycles. The second kappa shape index (κ2) is 9.04.